The number of guanidine groups is 1. The van der Waals surface area contributed by atoms with Gasteiger partial charge in [-0.1, -0.05) is 6.92 Å². The number of rotatable bonds is 6. The van der Waals surface area contributed by atoms with Gasteiger partial charge in [0.2, 0.25) is 5.88 Å². The molecular weight excluding hydrogens is 397 g/mol. The van der Waals surface area contributed by atoms with Crippen LogP contribution in [0.15, 0.2) is 42.0 Å². The largest absolute Gasteiger partial charge is 0.475 e. The molecule has 0 aliphatic carbocycles. The normalized spacial score (nSPS) is 20.3. The van der Waals surface area contributed by atoms with Crippen LogP contribution in [0.3, 0.4) is 0 Å². The average Bonchev–Trinajstić information content (AvgIpc) is 3.25. The highest BCUT2D eigenvalue weighted by Crippen LogP contribution is 2.34. The summed E-state index contributed by atoms with van der Waals surface area (Å²) < 4.78 is 46.5. The van der Waals surface area contributed by atoms with Crippen LogP contribution in [0.25, 0.3) is 0 Å². The predicted octanol–water partition coefficient (Wildman–Crippen LogP) is 3.22. The predicted molar refractivity (Wildman–Crippen MR) is 107 cm³/mol. The molecule has 2 aromatic heterocycles. The minimum absolute atomic E-state index is 0.00415. The van der Waals surface area contributed by atoms with E-state index in [-0.39, 0.29) is 19.2 Å². The third-order valence-electron chi connectivity index (χ3n) is 5.13. The number of nitrogens with one attached hydrogen (secondary N) is 1. The van der Waals surface area contributed by atoms with Gasteiger partial charge in [-0.3, -0.25) is 0 Å². The van der Waals surface area contributed by atoms with Crippen LogP contribution >= 0.6 is 0 Å². The number of imidazole rings is 1. The van der Waals surface area contributed by atoms with Crippen molar-refractivity contribution in [3.63, 3.8) is 0 Å². The Morgan fingerprint density at radius 1 is 1.37 bits per heavy atom. The number of nitrogens with zero attached hydrogens (tertiary/aromatic N) is 5. The summed E-state index contributed by atoms with van der Waals surface area (Å²) >= 11 is 0. The molecule has 2 aromatic rings. The van der Waals surface area contributed by atoms with Crippen LogP contribution in [0, 0.1) is 5.92 Å². The minimum atomic E-state index is -4.51. The van der Waals surface area contributed by atoms with E-state index < -0.39 is 17.6 Å². The Bertz CT molecular complexity index is 824. The lowest BCUT2D eigenvalue weighted by molar-refractivity contribution is -0.139. The van der Waals surface area contributed by atoms with Crippen LogP contribution < -0.4 is 10.1 Å². The number of aliphatic imine (C=N–C) groups is 1. The molecule has 10 heteroatoms. The molecule has 3 heterocycles. The number of hydrogen-bond acceptors (Lipinski definition) is 4. The summed E-state index contributed by atoms with van der Waals surface area (Å²) in [6.45, 7) is 6.77. The second-order valence-corrected chi connectivity index (χ2v) is 7.23. The lowest BCUT2D eigenvalue weighted by Gasteiger charge is -2.39. The zero-order valence-corrected chi connectivity index (χ0v) is 17.1. The van der Waals surface area contributed by atoms with E-state index >= 15 is 0 Å². The molecule has 0 spiro atoms. The number of hydrogen-bond donors (Lipinski definition) is 1. The Kier molecular flexibility index (Phi) is 7.17. The highest BCUT2D eigenvalue weighted by atomic mass is 19.4. The van der Waals surface area contributed by atoms with Crippen molar-refractivity contribution in [2.24, 2.45) is 10.9 Å². The van der Waals surface area contributed by atoms with Crippen LogP contribution in [-0.2, 0) is 6.18 Å². The van der Waals surface area contributed by atoms with Crippen LogP contribution in [-0.4, -0.2) is 58.2 Å². The molecule has 0 radical (unpaired) electrons. The Morgan fingerprint density at radius 3 is 2.90 bits per heavy atom. The SMILES string of the molecule is CCNC(=NCCOc1ncccc1C(F)(F)F)N1CCC(C)C(n2ccnc2)C1. The van der Waals surface area contributed by atoms with E-state index in [4.69, 9.17) is 4.74 Å². The maximum atomic E-state index is 13.0. The molecule has 0 amide bonds. The molecule has 0 aromatic carbocycles. The van der Waals surface area contributed by atoms with Crippen molar-refractivity contribution in [1.29, 1.82) is 0 Å². The molecule has 1 fully saturated rings. The van der Waals surface area contributed by atoms with Gasteiger partial charge in [-0.05, 0) is 31.4 Å². The average molecular weight is 424 g/mol. The molecule has 1 N–H and O–H groups in total. The molecular formula is C20H27F3N6O. The van der Waals surface area contributed by atoms with Gasteiger partial charge in [0, 0.05) is 38.2 Å². The van der Waals surface area contributed by atoms with E-state index in [1.54, 1.807) is 6.20 Å². The molecule has 0 bridgehead atoms. The Labute approximate surface area is 174 Å². The van der Waals surface area contributed by atoms with Gasteiger partial charge < -0.3 is 19.5 Å². The highest BCUT2D eigenvalue weighted by molar-refractivity contribution is 5.80. The number of piperidine rings is 1. The third-order valence-corrected chi connectivity index (χ3v) is 5.13. The molecule has 30 heavy (non-hydrogen) atoms. The number of likely N-dealkylation sites (tertiary alicyclic amines) is 1. The highest BCUT2D eigenvalue weighted by Gasteiger charge is 2.35. The van der Waals surface area contributed by atoms with E-state index in [0.29, 0.717) is 12.5 Å². The third kappa shape index (κ3) is 5.43. The molecule has 2 atom stereocenters. The zero-order valence-electron chi connectivity index (χ0n) is 17.1. The first kappa shape index (κ1) is 21.9. The monoisotopic (exact) mass is 424 g/mol. The summed E-state index contributed by atoms with van der Waals surface area (Å²) in [5.41, 5.74) is -0.880. The number of aromatic nitrogens is 3. The molecule has 164 valence electrons. The van der Waals surface area contributed by atoms with E-state index in [2.05, 4.69) is 36.7 Å². The summed E-state index contributed by atoms with van der Waals surface area (Å²) in [4.78, 5) is 14.6. The summed E-state index contributed by atoms with van der Waals surface area (Å²) in [5.74, 6) is 0.818. The van der Waals surface area contributed by atoms with Crippen molar-refractivity contribution >= 4 is 5.96 Å². The maximum Gasteiger partial charge on any atom is 0.421 e. The lowest BCUT2D eigenvalue weighted by Crippen LogP contribution is -2.49. The van der Waals surface area contributed by atoms with Crippen LogP contribution in [0.2, 0.25) is 0 Å². The minimum Gasteiger partial charge on any atom is -0.475 e. The second-order valence-electron chi connectivity index (χ2n) is 7.23. The fourth-order valence-corrected chi connectivity index (χ4v) is 3.54. The van der Waals surface area contributed by atoms with Gasteiger partial charge >= 0.3 is 6.18 Å². The van der Waals surface area contributed by atoms with Gasteiger partial charge in [-0.15, -0.1) is 0 Å². The standard InChI is InChI=1S/C20H27F3N6O/c1-3-25-19(28-10-6-15(2)17(13-28)29-11-8-24-14-29)27-9-12-30-18-16(20(21,22)23)5-4-7-26-18/h4-5,7-8,11,14-15,17H,3,6,9-10,12-13H2,1-2H3,(H,25,27). The van der Waals surface area contributed by atoms with Crippen LogP contribution in [0.4, 0.5) is 13.2 Å². The number of alkyl halides is 3. The van der Waals surface area contributed by atoms with Crippen molar-refractivity contribution < 1.29 is 17.9 Å². The van der Waals surface area contributed by atoms with E-state index in [9.17, 15) is 13.2 Å². The second kappa shape index (κ2) is 9.82. The van der Waals surface area contributed by atoms with Gasteiger partial charge in [0.15, 0.2) is 5.96 Å². The van der Waals surface area contributed by atoms with Crippen molar-refractivity contribution in [3.8, 4) is 5.88 Å². The first-order valence-electron chi connectivity index (χ1n) is 10.1. The fraction of sp³-hybridized carbons (Fsp3) is 0.550. The molecule has 1 aliphatic rings. The first-order chi connectivity index (χ1) is 14.4. The molecule has 7 nitrogen and oxygen atoms in total. The molecule has 1 saturated heterocycles. The van der Waals surface area contributed by atoms with Crippen LogP contribution in [0.5, 0.6) is 5.88 Å². The topological polar surface area (TPSA) is 67.6 Å². The Hall–Kier alpha value is -2.78. The quantitative estimate of drug-likeness (QED) is 0.438. The van der Waals surface area contributed by atoms with Crippen molar-refractivity contribution in [3.05, 3.63) is 42.6 Å². The van der Waals surface area contributed by atoms with Crippen LogP contribution in [0.1, 0.15) is 31.9 Å². The van der Waals surface area contributed by atoms with E-state index in [1.165, 1.54) is 12.3 Å². The summed E-state index contributed by atoms with van der Waals surface area (Å²) in [5, 5.41) is 3.27. The number of ether oxygens (including phenoxy) is 1. The van der Waals surface area contributed by atoms with E-state index in [0.717, 1.165) is 31.5 Å². The van der Waals surface area contributed by atoms with Crippen molar-refractivity contribution in [2.45, 2.75) is 32.5 Å². The molecule has 0 saturated carbocycles. The van der Waals surface area contributed by atoms with Gasteiger partial charge in [0.05, 0.1) is 18.9 Å². The smallest absolute Gasteiger partial charge is 0.421 e. The van der Waals surface area contributed by atoms with Crippen molar-refractivity contribution in [1.82, 2.24) is 24.8 Å². The summed E-state index contributed by atoms with van der Waals surface area (Å²) in [6.07, 6.45) is 3.35. The van der Waals surface area contributed by atoms with Gasteiger partial charge in [-0.25, -0.2) is 15.0 Å². The molecule has 1 aliphatic heterocycles. The lowest BCUT2D eigenvalue weighted by atomic mass is 9.93. The van der Waals surface area contributed by atoms with Gasteiger partial charge in [-0.2, -0.15) is 13.2 Å². The Balaban J connectivity index is 1.63. The van der Waals surface area contributed by atoms with Gasteiger partial charge in [0.1, 0.15) is 12.2 Å². The van der Waals surface area contributed by atoms with E-state index in [1.807, 2.05) is 19.4 Å². The zero-order chi connectivity index (χ0) is 21.6. The maximum absolute atomic E-state index is 13.0. The molecule has 3 rings (SSSR count). The number of pyridine rings is 1. The summed E-state index contributed by atoms with van der Waals surface area (Å²) in [6, 6.07) is 2.48. The Morgan fingerprint density at radius 2 is 2.20 bits per heavy atom. The van der Waals surface area contributed by atoms with Crippen molar-refractivity contribution in [2.75, 3.05) is 32.8 Å². The fourth-order valence-electron chi connectivity index (χ4n) is 3.54. The number of halogens is 3. The summed E-state index contributed by atoms with van der Waals surface area (Å²) in [7, 11) is 0. The van der Waals surface area contributed by atoms with Gasteiger partial charge in [0.25, 0.3) is 0 Å². The first-order valence-corrected chi connectivity index (χ1v) is 10.1. The molecule has 2 unspecified atom stereocenters.